The highest BCUT2D eigenvalue weighted by molar-refractivity contribution is 7.92. The highest BCUT2D eigenvalue weighted by atomic mass is 32.2. The number of nitrogens with one attached hydrogen (secondary N) is 1. The first-order chi connectivity index (χ1) is 12.9. The van der Waals surface area contributed by atoms with Gasteiger partial charge in [-0.05, 0) is 49.2 Å². The molecular formula is C20H27N3O3S. The Morgan fingerprint density at radius 1 is 1.30 bits per heavy atom. The van der Waals surface area contributed by atoms with Crippen LogP contribution in [-0.2, 0) is 16.4 Å². The van der Waals surface area contributed by atoms with Gasteiger partial charge in [0.2, 0.25) is 10.0 Å². The minimum absolute atomic E-state index is 0.135. The van der Waals surface area contributed by atoms with Crippen molar-refractivity contribution < 1.29 is 13.5 Å². The number of nitrogens with zero attached hydrogens (tertiary/aromatic N) is 2. The van der Waals surface area contributed by atoms with Gasteiger partial charge in [-0.25, -0.2) is 8.42 Å². The van der Waals surface area contributed by atoms with Gasteiger partial charge in [0, 0.05) is 43.0 Å². The van der Waals surface area contributed by atoms with Gasteiger partial charge < -0.3 is 10.0 Å². The van der Waals surface area contributed by atoms with Gasteiger partial charge in [0.05, 0.1) is 12.4 Å². The number of anilines is 1. The average molecular weight is 390 g/mol. The van der Waals surface area contributed by atoms with Crippen LogP contribution < -0.4 is 4.72 Å². The van der Waals surface area contributed by atoms with Gasteiger partial charge in [0.1, 0.15) is 0 Å². The molecule has 0 spiro atoms. The van der Waals surface area contributed by atoms with E-state index in [-0.39, 0.29) is 5.92 Å². The smallest absolute Gasteiger partial charge is 0.229 e. The Morgan fingerprint density at radius 2 is 2.15 bits per heavy atom. The largest absolute Gasteiger partial charge is 0.388 e. The number of benzene rings is 1. The highest BCUT2D eigenvalue weighted by Crippen LogP contribution is 2.31. The molecule has 0 saturated carbocycles. The van der Waals surface area contributed by atoms with Crippen LogP contribution in [0.1, 0.15) is 30.2 Å². The van der Waals surface area contributed by atoms with Gasteiger partial charge in [-0.1, -0.05) is 18.2 Å². The minimum atomic E-state index is -3.33. The molecule has 6 nitrogen and oxygen atoms in total. The highest BCUT2D eigenvalue weighted by Gasteiger charge is 2.27. The Bertz CT molecular complexity index is 843. The number of pyridine rings is 1. The van der Waals surface area contributed by atoms with Gasteiger partial charge in [-0.15, -0.1) is 0 Å². The number of aliphatic hydroxyl groups is 1. The van der Waals surface area contributed by atoms with Crippen LogP contribution in [0.4, 0.5) is 5.69 Å². The monoisotopic (exact) mass is 389 g/mol. The second-order valence-corrected chi connectivity index (χ2v) is 8.97. The molecule has 2 heterocycles. The molecule has 146 valence electrons. The number of aliphatic hydroxyl groups excluding tert-OH is 1. The Morgan fingerprint density at radius 3 is 2.89 bits per heavy atom. The van der Waals surface area contributed by atoms with Crippen molar-refractivity contribution in [2.45, 2.75) is 25.4 Å². The first-order valence-electron chi connectivity index (χ1n) is 9.29. The van der Waals surface area contributed by atoms with Crippen molar-refractivity contribution >= 4 is 15.7 Å². The lowest BCUT2D eigenvalue weighted by Gasteiger charge is -2.35. The second kappa shape index (κ2) is 8.82. The number of hydrogen-bond acceptors (Lipinski definition) is 5. The van der Waals surface area contributed by atoms with E-state index in [0.29, 0.717) is 5.69 Å². The van der Waals surface area contributed by atoms with E-state index >= 15 is 0 Å². The van der Waals surface area contributed by atoms with Gasteiger partial charge in [-0.3, -0.25) is 9.71 Å². The van der Waals surface area contributed by atoms with Crippen molar-refractivity contribution in [3.63, 3.8) is 0 Å². The zero-order valence-electron chi connectivity index (χ0n) is 15.6. The molecule has 3 rings (SSSR count). The molecular weight excluding hydrogens is 362 g/mol. The summed E-state index contributed by atoms with van der Waals surface area (Å²) in [5, 5.41) is 10.9. The first-order valence-corrected chi connectivity index (χ1v) is 11.2. The van der Waals surface area contributed by atoms with E-state index in [1.165, 1.54) is 0 Å². The Hall–Kier alpha value is -1.96. The summed E-state index contributed by atoms with van der Waals surface area (Å²) in [7, 11) is -3.33. The molecule has 27 heavy (non-hydrogen) atoms. The number of sulfonamides is 1. The fourth-order valence-electron chi connectivity index (χ4n) is 3.64. The van der Waals surface area contributed by atoms with Crippen LogP contribution in [0.2, 0.25) is 0 Å². The number of aromatic nitrogens is 1. The van der Waals surface area contributed by atoms with E-state index in [4.69, 9.17) is 0 Å². The van der Waals surface area contributed by atoms with Crippen LogP contribution in [0.15, 0.2) is 48.7 Å². The quantitative estimate of drug-likeness (QED) is 0.760. The van der Waals surface area contributed by atoms with Crippen molar-refractivity contribution in [2.24, 2.45) is 5.92 Å². The number of piperidine rings is 1. The molecule has 7 heteroatoms. The van der Waals surface area contributed by atoms with E-state index in [1.54, 1.807) is 18.2 Å². The van der Waals surface area contributed by atoms with Crippen molar-refractivity contribution in [1.29, 1.82) is 0 Å². The summed E-state index contributed by atoms with van der Waals surface area (Å²) in [4.78, 5) is 6.75. The summed E-state index contributed by atoms with van der Waals surface area (Å²) in [5.74, 6) is 0.135. The standard InChI is InChI=1S/C20H27N3O3S/c1-27(25,26)22-19-9-4-6-16(14-19)20(24)17-7-5-12-23(15-17)13-10-18-8-2-3-11-21-18/h2-4,6,8-9,11,14,17,20,22,24H,5,7,10,12-13,15H2,1H3. The van der Waals surface area contributed by atoms with Crippen LogP contribution in [0.5, 0.6) is 0 Å². The normalized spacial score (nSPS) is 19.6. The summed E-state index contributed by atoms with van der Waals surface area (Å²) in [6, 6.07) is 13.0. The molecule has 1 aliphatic rings. The van der Waals surface area contributed by atoms with Crippen LogP contribution in [0, 0.1) is 5.92 Å². The average Bonchev–Trinajstić information content (AvgIpc) is 2.66. The van der Waals surface area contributed by atoms with E-state index in [9.17, 15) is 13.5 Å². The van der Waals surface area contributed by atoms with Gasteiger partial charge in [0.15, 0.2) is 0 Å². The molecule has 0 radical (unpaired) electrons. The predicted molar refractivity (Wildman–Crippen MR) is 107 cm³/mol. The summed E-state index contributed by atoms with van der Waals surface area (Å²) in [5.41, 5.74) is 2.32. The summed E-state index contributed by atoms with van der Waals surface area (Å²) in [6.45, 7) is 2.79. The fourth-order valence-corrected chi connectivity index (χ4v) is 4.20. The number of likely N-dealkylation sites (tertiary alicyclic amines) is 1. The van der Waals surface area contributed by atoms with Crippen molar-refractivity contribution in [3.8, 4) is 0 Å². The zero-order chi connectivity index (χ0) is 19.3. The predicted octanol–water partition coefficient (Wildman–Crippen LogP) is 2.44. The van der Waals surface area contributed by atoms with Crippen LogP contribution in [0.3, 0.4) is 0 Å². The molecule has 1 aromatic carbocycles. The second-order valence-electron chi connectivity index (χ2n) is 7.22. The third-order valence-electron chi connectivity index (χ3n) is 4.93. The lowest BCUT2D eigenvalue weighted by Crippen LogP contribution is -2.39. The van der Waals surface area contributed by atoms with E-state index in [1.807, 2.05) is 30.5 Å². The molecule has 2 N–H and O–H groups in total. The van der Waals surface area contributed by atoms with Crippen LogP contribution in [0.25, 0.3) is 0 Å². The lowest BCUT2D eigenvalue weighted by atomic mass is 9.88. The maximum absolute atomic E-state index is 11.4. The molecule has 0 aliphatic carbocycles. The molecule has 2 aromatic rings. The number of rotatable bonds is 7. The molecule has 2 atom stereocenters. The van der Waals surface area contributed by atoms with Crippen LogP contribution >= 0.6 is 0 Å². The van der Waals surface area contributed by atoms with E-state index in [0.717, 1.165) is 56.4 Å². The van der Waals surface area contributed by atoms with Crippen LogP contribution in [-0.4, -0.2) is 49.3 Å². The molecule has 1 saturated heterocycles. The fraction of sp³-hybridized carbons (Fsp3) is 0.450. The van der Waals surface area contributed by atoms with Crippen molar-refractivity contribution in [1.82, 2.24) is 9.88 Å². The van der Waals surface area contributed by atoms with E-state index in [2.05, 4.69) is 14.6 Å². The van der Waals surface area contributed by atoms with Crippen molar-refractivity contribution in [2.75, 3.05) is 30.6 Å². The van der Waals surface area contributed by atoms with E-state index < -0.39 is 16.1 Å². The Labute approximate surface area is 161 Å². The number of hydrogen-bond donors (Lipinski definition) is 2. The summed E-state index contributed by atoms with van der Waals surface area (Å²) >= 11 is 0. The Kier molecular flexibility index (Phi) is 6.46. The molecule has 0 amide bonds. The minimum Gasteiger partial charge on any atom is -0.388 e. The SMILES string of the molecule is CS(=O)(=O)Nc1cccc(C(O)C2CCCN(CCc3ccccn3)C2)c1. The third kappa shape index (κ3) is 6.02. The zero-order valence-corrected chi connectivity index (χ0v) is 16.4. The summed E-state index contributed by atoms with van der Waals surface area (Å²) < 4.78 is 25.3. The van der Waals surface area contributed by atoms with Gasteiger partial charge in [-0.2, -0.15) is 0 Å². The maximum Gasteiger partial charge on any atom is 0.229 e. The first kappa shape index (κ1) is 19.8. The molecule has 1 aromatic heterocycles. The summed E-state index contributed by atoms with van der Waals surface area (Å²) in [6.07, 6.45) is 5.24. The molecule has 1 aliphatic heterocycles. The van der Waals surface area contributed by atoms with Crippen molar-refractivity contribution in [3.05, 3.63) is 59.9 Å². The van der Waals surface area contributed by atoms with Gasteiger partial charge >= 0.3 is 0 Å². The van der Waals surface area contributed by atoms with Gasteiger partial charge in [0.25, 0.3) is 0 Å². The molecule has 0 bridgehead atoms. The lowest BCUT2D eigenvalue weighted by molar-refractivity contribution is 0.0507. The Balaban J connectivity index is 1.61. The third-order valence-corrected chi connectivity index (χ3v) is 5.54. The topological polar surface area (TPSA) is 82.5 Å². The molecule has 1 fully saturated rings. The molecule has 2 unspecified atom stereocenters. The maximum atomic E-state index is 11.4.